The van der Waals surface area contributed by atoms with Crippen molar-refractivity contribution in [3.63, 3.8) is 0 Å². The highest BCUT2D eigenvalue weighted by Crippen LogP contribution is 2.18. The summed E-state index contributed by atoms with van der Waals surface area (Å²) in [6.45, 7) is 9.60. The summed E-state index contributed by atoms with van der Waals surface area (Å²) in [6.07, 6.45) is 3.32. The Hall–Kier alpha value is -0.800. The van der Waals surface area contributed by atoms with Gasteiger partial charge in [-0.15, -0.1) is 0 Å². The predicted octanol–water partition coefficient (Wildman–Crippen LogP) is 4.24. The Bertz CT molecular complexity index is 402. The Morgan fingerprint density at radius 1 is 1.15 bits per heavy atom. The highest BCUT2D eigenvalue weighted by molar-refractivity contribution is 8.14. The van der Waals surface area contributed by atoms with Gasteiger partial charge in [0.2, 0.25) is 5.12 Å². The Kier molecular flexibility index (Phi) is 8.63. The molecule has 20 heavy (non-hydrogen) atoms. The molecule has 1 aromatic rings. The van der Waals surface area contributed by atoms with Crippen LogP contribution >= 0.6 is 11.8 Å². The highest BCUT2D eigenvalue weighted by Gasteiger charge is 2.11. The number of rotatable bonds is 9. The fourth-order valence-electron chi connectivity index (χ4n) is 2.19. The number of carbonyl (C=O) groups excluding carboxylic acids is 1. The van der Waals surface area contributed by atoms with Crippen LogP contribution in [0.15, 0.2) is 24.3 Å². The van der Waals surface area contributed by atoms with Crippen molar-refractivity contribution in [1.29, 1.82) is 0 Å². The van der Waals surface area contributed by atoms with Gasteiger partial charge in [0.05, 0.1) is 0 Å². The molecule has 0 amide bonds. The van der Waals surface area contributed by atoms with Gasteiger partial charge in [-0.3, -0.25) is 4.79 Å². The van der Waals surface area contributed by atoms with E-state index in [9.17, 15) is 4.79 Å². The van der Waals surface area contributed by atoms with Crippen LogP contribution in [0.5, 0.6) is 0 Å². The van der Waals surface area contributed by atoms with E-state index in [-0.39, 0.29) is 5.12 Å². The molecular formula is C17H27NOS. The smallest absolute Gasteiger partial charge is 0.219 e. The second-order valence-corrected chi connectivity index (χ2v) is 5.99. The van der Waals surface area contributed by atoms with Crippen molar-refractivity contribution in [2.45, 2.75) is 40.0 Å². The van der Waals surface area contributed by atoms with E-state index in [1.54, 1.807) is 0 Å². The van der Waals surface area contributed by atoms with Gasteiger partial charge in [-0.2, -0.15) is 0 Å². The zero-order chi connectivity index (χ0) is 14.8. The fraction of sp³-hybridized carbons (Fsp3) is 0.588. The van der Waals surface area contributed by atoms with Crippen molar-refractivity contribution in [3.05, 3.63) is 35.4 Å². The summed E-state index contributed by atoms with van der Waals surface area (Å²) in [6, 6.07) is 8.06. The van der Waals surface area contributed by atoms with E-state index in [0.29, 0.717) is 0 Å². The first-order valence-electron chi connectivity index (χ1n) is 7.70. The second kappa shape index (κ2) is 10.0. The number of thioether (sulfide) groups is 1. The van der Waals surface area contributed by atoms with Gasteiger partial charge in [-0.05, 0) is 31.5 Å². The summed E-state index contributed by atoms with van der Waals surface area (Å²) in [5, 5.41) is 0.226. The first-order valence-corrected chi connectivity index (χ1v) is 8.68. The molecule has 0 unspecified atom stereocenters. The maximum atomic E-state index is 12.3. The monoisotopic (exact) mass is 293 g/mol. The van der Waals surface area contributed by atoms with Crippen LogP contribution in [0.25, 0.3) is 0 Å². The average Bonchev–Trinajstić information content (AvgIpc) is 2.49. The maximum Gasteiger partial charge on any atom is 0.219 e. The van der Waals surface area contributed by atoms with Crippen LogP contribution in [0.1, 0.15) is 49.5 Å². The highest BCUT2D eigenvalue weighted by atomic mass is 32.2. The lowest BCUT2D eigenvalue weighted by atomic mass is 10.0. The van der Waals surface area contributed by atoms with Crippen LogP contribution in [0, 0.1) is 0 Å². The molecule has 2 nitrogen and oxygen atoms in total. The maximum absolute atomic E-state index is 12.3. The molecule has 1 rings (SSSR count). The molecule has 0 saturated heterocycles. The van der Waals surface area contributed by atoms with Crippen molar-refractivity contribution in [2.75, 3.05) is 25.4 Å². The standard InChI is InChI=1S/C17H27NOS/c1-4-7-10-15-11-8-9-12-16(15)17(19)20-14-13-18(5-2)6-3/h8-9,11-12H,4-7,10,13-14H2,1-3H3. The summed E-state index contributed by atoms with van der Waals surface area (Å²) in [5.41, 5.74) is 2.11. The molecule has 0 aromatic heterocycles. The van der Waals surface area contributed by atoms with E-state index >= 15 is 0 Å². The van der Waals surface area contributed by atoms with Crippen LogP contribution < -0.4 is 0 Å². The molecule has 3 heteroatoms. The van der Waals surface area contributed by atoms with Gasteiger partial charge in [0.1, 0.15) is 0 Å². The molecular weight excluding hydrogens is 266 g/mol. The molecule has 0 spiro atoms. The molecule has 0 aliphatic heterocycles. The number of hydrogen-bond donors (Lipinski definition) is 0. The molecule has 112 valence electrons. The molecule has 0 bridgehead atoms. The second-order valence-electron chi connectivity index (χ2n) is 4.92. The minimum atomic E-state index is 0.226. The number of nitrogens with zero attached hydrogens (tertiary/aromatic N) is 1. The van der Waals surface area contributed by atoms with Gasteiger partial charge >= 0.3 is 0 Å². The summed E-state index contributed by atoms with van der Waals surface area (Å²) in [4.78, 5) is 14.7. The van der Waals surface area contributed by atoms with Gasteiger partial charge in [0.15, 0.2) is 0 Å². The van der Waals surface area contributed by atoms with Crippen LogP contribution in [0.4, 0.5) is 0 Å². The lowest BCUT2D eigenvalue weighted by Crippen LogP contribution is -2.25. The van der Waals surface area contributed by atoms with Crippen LogP contribution in [0.2, 0.25) is 0 Å². The van der Waals surface area contributed by atoms with Crippen molar-refractivity contribution >= 4 is 16.9 Å². The first kappa shape index (κ1) is 17.3. The third kappa shape index (κ3) is 5.68. The van der Waals surface area contributed by atoms with E-state index in [4.69, 9.17) is 0 Å². The summed E-state index contributed by atoms with van der Waals surface area (Å²) < 4.78 is 0. The first-order chi connectivity index (χ1) is 9.72. The van der Waals surface area contributed by atoms with E-state index in [1.807, 2.05) is 18.2 Å². The molecule has 1 aromatic carbocycles. The van der Waals surface area contributed by atoms with Gasteiger partial charge in [-0.25, -0.2) is 0 Å². The number of aryl methyl sites for hydroxylation is 1. The number of carbonyl (C=O) groups is 1. The molecule has 0 heterocycles. The quantitative estimate of drug-likeness (QED) is 0.679. The van der Waals surface area contributed by atoms with Gasteiger partial charge in [0, 0.05) is 17.9 Å². The molecule has 0 fully saturated rings. The number of benzene rings is 1. The topological polar surface area (TPSA) is 20.3 Å². The van der Waals surface area contributed by atoms with Gasteiger partial charge in [-0.1, -0.05) is 63.2 Å². The zero-order valence-electron chi connectivity index (χ0n) is 13.0. The minimum Gasteiger partial charge on any atom is -0.303 e. The molecule has 0 atom stereocenters. The largest absolute Gasteiger partial charge is 0.303 e. The third-order valence-electron chi connectivity index (χ3n) is 3.57. The van der Waals surface area contributed by atoms with Crippen molar-refractivity contribution in [3.8, 4) is 0 Å². The minimum absolute atomic E-state index is 0.226. The average molecular weight is 293 g/mol. The SMILES string of the molecule is CCCCc1ccccc1C(=O)SCCN(CC)CC. The Balaban J connectivity index is 2.54. The predicted molar refractivity (Wildman–Crippen MR) is 89.6 cm³/mol. The van der Waals surface area contributed by atoms with Crippen molar-refractivity contribution < 1.29 is 4.79 Å². The number of unbranched alkanes of at least 4 members (excludes halogenated alkanes) is 1. The van der Waals surface area contributed by atoms with Crippen molar-refractivity contribution in [1.82, 2.24) is 4.90 Å². The van der Waals surface area contributed by atoms with E-state index in [1.165, 1.54) is 17.3 Å². The number of hydrogen-bond acceptors (Lipinski definition) is 3. The molecule has 0 aliphatic rings. The van der Waals surface area contributed by atoms with E-state index < -0.39 is 0 Å². The van der Waals surface area contributed by atoms with Crippen molar-refractivity contribution in [2.24, 2.45) is 0 Å². The van der Waals surface area contributed by atoms with Crippen LogP contribution in [-0.4, -0.2) is 35.4 Å². The summed E-state index contributed by atoms with van der Waals surface area (Å²) in [7, 11) is 0. The summed E-state index contributed by atoms with van der Waals surface area (Å²) in [5.74, 6) is 0.878. The molecule has 0 radical (unpaired) electrons. The Morgan fingerprint density at radius 3 is 2.50 bits per heavy atom. The third-order valence-corrected chi connectivity index (χ3v) is 4.44. The van der Waals surface area contributed by atoms with Gasteiger partial charge in [0.25, 0.3) is 0 Å². The van der Waals surface area contributed by atoms with Crippen LogP contribution in [-0.2, 0) is 6.42 Å². The molecule has 0 saturated carbocycles. The molecule has 0 N–H and O–H groups in total. The van der Waals surface area contributed by atoms with E-state index in [0.717, 1.165) is 50.2 Å². The zero-order valence-corrected chi connectivity index (χ0v) is 13.8. The fourth-order valence-corrected chi connectivity index (χ4v) is 3.08. The lowest BCUT2D eigenvalue weighted by molar-refractivity contribution is 0.108. The Morgan fingerprint density at radius 2 is 1.85 bits per heavy atom. The van der Waals surface area contributed by atoms with Gasteiger partial charge < -0.3 is 4.90 Å². The molecule has 0 aliphatic carbocycles. The Labute approximate surface area is 127 Å². The lowest BCUT2D eigenvalue weighted by Gasteiger charge is -2.17. The normalized spacial score (nSPS) is 11.0. The van der Waals surface area contributed by atoms with E-state index in [2.05, 4.69) is 31.7 Å². The summed E-state index contributed by atoms with van der Waals surface area (Å²) >= 11 is 1.46. The van der Waals surface area contributed by atoms with Crippen LogP contribution in [0.3, 0.4) is 0 Å².